The number of ether oxygens (including phenoxy) is 1. The van der Waals surface area contributed by atoms with Gasteiger partial charge in [-0.15, -0.1) is 23.7 Å². The zero-order valence-electron chi connectivity index (χ0n) is 12.4. The molecule has 122 valence electrons. The monoisotopic (exact) mass is 343 g/mol. The number of β-amino-alcohol motifs (C(OH)–C–C–N with tert-alkyl or cyclic N) is 2. The molecule has 0 unspecified atom stereocenters. The molecule has 0 radical (unpaired) electrons. The van der Waals surface area contributed by atoms with Gasteiger partial charge in [-0.1, -0.05) is 12.1 Å². The fourth-order valence-electron chi connectivity index (χ4n) is 2.69. The number of fused-ring (bicyclic) bond motifs is 1. The number of aliphatic hydroxyl groups is 2. The molecule has 1 saturated heterocycles. The van der Waals surface area contributed by atoms with Gasteiger partial charge in [-0.05, 0) is 34.9 Å². The molecule has 0 amide bonds. The molecule has 0 aliphatic carbocycles. The van der Waals surface area contributed by atoms with Gasteiger partial charge in [0, 0.05) is 24.3 Å². The third kappa shape index (κ3) is 4.41. The van der Waals surface area contributed by atoms with E-state index < -0.39 is 12.2 Å². The highest BCUT2D eigenvalue weighted by atomic mass is 35.5. The van der Waals surface area contributed by atoms with Crippen LogP contribution in [0.25, 0.3) is 10.1 Å². The number of halogens is 1. The maximum Gasteiger partial charge on any atom is 0.0938 e. The zero-order valence-corrected chi connectivity index (χ0v) is 14.0. The molecule has 0 saturated carbocycles. The van der Waals surface area contributed by atoms with Crippen molar-refractivity contribution < 1.29 is 14.9 Å². The van der Waals surface area contributed by atoms with Crippen molar-refractivity contribution in [2.24, 2.45) is 0 Å². The average Bonchev–Trinajstić information content (AvgIpc) is 3.05. The van der Waals surface area contributed by atoms with Crippen molar-refractivity contribution in [1.29, 1.82) is 0 Å². The number of benzene rings is 1. The van der Waals surface area contributed by atoms with Gasteiger partial charge in [-0.3, -0.25) is 4.90 Å². The molecule has 2 atom stereocenters. The molecule has 4 nitrogen and oxygen atoms in total. The van der Waals surface area contributed by atoms with Crippen LogP contribution in [-0.4, -0.2) is 60.2 Å². The van der Waals surface area contributed by atoms with E-state index in [4.69, 9.17) is 4.74 Å². The summed E-state index contributed by atoms with van der Waals surface area (Å²) >= 11 is 1.76. The van der Waals surface area contributed by atoms with Crippen LogP contribution in [0, 0.1) is 0 Å². The number of thiophene rings is 1. The van der Waals surface area contributed by atoms with Crippen LogP contribution in [0.4, 0.5) is 0 Å². The van der Waals surface area contributed by atoms with Crippen molar-refractivity contribution in [3.05, 3.63) is 35.2 Å². The fraction of sp³-hybridized carbons (Fsp3) is 0.500. The Morgan fingerprint density at radius 1 is 1.14 bits per heavy atom. The molecule has 2 aromatic rings. The third-order valence-corrected chi connectivity index (χ3v) is 4.84. The summed E-state index contributed by atoms with van der Waals surface area (Å²) in [6.07, 6.45) is -0.304. The first-order valence-corrected chi connectivity index (χ1v) is 8.23. The van der Waals surface area contributed by atoms with E-state index in [9.17, 15) is 10.2 Å². The van der Waals surface area contributed by atoms with Gasteiger partial charge in [0.05, 0.1) is 25.4 Å². The van der Waals surface area contributed by atoms with E-state index in [0.29, 0.717) is 26.3 Å². The minimum absolute atomic E-state index is 0. The van der Waals surface area contributed by atoms with Crippen LogP contribution in [0.2, 0.25) is 0 Å². The van der Waals surface area contributed by atoms with Crippen LogP contribution >= 0.6 is 23.7 Å². The van der Waals surface area contributed by atoms with Crippen LogP contribution in [0.15, 0.2) is 29.6 Å². The zero-order chi connectivity index (χ0) is 14.7. The molecule has 1 fully saturated rings. The summed E-state index contributed by atoms with van der Waals surface area (Å²) < 4.78 is 6.99. The van der Waals surface area contributed by atoms with Gasteiger partial charge in [-0.25, -0.2) is 0 Å². The van der Waals surface area contributed by atoms with Crippen LogP contribution in [0.1, 0.15) is 5.56 Å². The number of hydrogen-bond donors (Lipinski definition) is 2. The first-order valence-electron chi connectivity index (χ1n) is 7.35. The van der Waals surface area contributed by atoms with Crippen LogP contribution in [-0.2, 0) is 11.2 Å². The molecule has 1 aromatic heterocycles. The maximum absolute atomic E-state index is 9.46. The van der Waals surface area contributed by atoms with Crippen LogP contribution in [0.5, 0.6) is 0 Å². The Labute approximate surface area is 140 Å². The summed E-state index contributed by atoms with van der Waals surface area (Å²) in [4.78, 5) is 2.03. The number of aliphatic hydroxyl groups excluding tert-OH is 2. The molecule has 1 aliphatic rings. The summed E-state index contributed by atoms with van der Waals surface area (Å²) in [5.41, 5.74) is 1.30. The first kappa shape index (κ1) is 17.7. The number of nitrogens with zero attached hydrogens (tertiary/aromatic N) is 1. The smallest absolute Gasteiger partial charge is 0.0938 e. The van der Waals surface area contributed by atoms with Crippen molar-refractivity contribution in [1.82, 2.24) is 4.90 Å². The number of rotatable bonds is 6. The van der Waals surface area contributed by atoms with Crippen molar-refractivity contribution >= 4 is 33.8 Å². The molecule has 1 aliphatic heterocycles. The highest BCUT2D eigenvalue weighted by Crippen LogP contribution is 2.21. The standard InChI is InChI=1S/C16H21NO3S.ClH/c18-14-10-17(11-15(14)19)5-7-20-6-3-12-1-2-16-13(9-12)4-8-21-16;/h1-2,4,8-9,14-15,18-19H,3,5-7,10-11H2;1H/t14-,15+;. The fourth-order valence-corrected chi connectivity index (χ4v) is 3.46. The van der Waals surface area contributed by atoms with Crippen LogP contribution < -0.4 is 0 Å². The Morgan fingerprint density at radius 2 is 1.91 bits per heavy atom. The molecule has 0 bridgehead atoms. The first-order chi connectivity index (χ1) is 10.2. The topological polar surface area (TPSA) is 52.9 Å². The van der Waals surface area contributed by atoms with E-state index in [1.54, 1.807) is 11.3 Å². The summed E-state index contributed by atoms with van der Waals surface area (Å²) in [7, 11) is 0. The third-order valence-electron chi connectivity index (χ3n) is 3.94. The SMILES string of the molecule is Cl.O[C@@H]1CN(CCOCCc2ccc3sccc3c2)C[C@@H]1O. The molecule has 2 heterocycles. The Bertz CT molecular complexity index is 582. The van der Waals surface area contributed by atoms with Crippen molar-refractivity contribution in [3.63, 3.8) is 0 Å². The number of likely N-dealkylation sites (tertiary alicyclic amines) is 1. The van der Waals surface area contributed by atoms with Gasteiger partial charge in [0.2, 0.25) is 0 Å². The maximum atomic E-state index is 9.46. The van der Waals surface area contributed by atoms with E-state index in [0.717, 1.165) is 13.0 Å². The van der Waals surface area contributed by atoms with Gasteiger partial charge in [-0.2, -0.15) is 0 Å². The van der Waals surface area contributed by atoms with E-state index in [-0.39, 0.29) is 12.4 Å². The van der Waals surface area contributed by atoms with E-state index >= 15 is 0 Å². The molecule has 1 aromatic carbocycles. The van der Waals surface area contributed by atoms with E-state index in [1.807, 2.05) is 4.90 Å². The Kier molecular flexibility index (Phi) is 6.62. The highest BCUT2D eigenvalue weighted by molar-refractivity contribution is 7.17. The van der Waals surface area contributed by atoms with E-state index in [1.165, 1.54) is 15.6 Å². The lowest BCUT2D eigenvalue weighted by atomic mass is 10.1. The van der Waals surface area contributed by atoms with Crippen molar-refractivity contribution in [2.45, 2.75) is 18.6 Å². The predicted molar refractivity (Wildman–Crippen MR) is 92.0 cm³/mol. The number of hydrogen-bond acceptors (Lipinski definition) is 5. The lowest BCUT2D eigenvalue weighted by Crippen LogP contribution is -2.26. The second kappa shape index (κ2) is 8.24. The minimum Gasteiger partial charge on any atom is -0.389 e. The largest absolute Gasteiger partial charge is 0.389 e. The molecule has 3 rings (SSSR count). The second-order valence-corrected chi connectivity index (χ2v) is 6.50. The molecular weight excluding hydrogens is 322 g/mol. The Balaban J connectivity index is 0.00000176. The van der Waals surface area contributed by atoms with Gasteiger partial charge in [0.1, 0.15) is 0 Å². The summed E-state index contributed by atoms with van der Waals surface area (Å²) in [6, 6.07) is 8.70. The minimum atomic E-state index is -0.609. The van der Waals surface area contributed by atoms with Crippen molar-refractivity contribution in [3.8, 4) is 0 Å². The highest BCUT2D eigenvalue weighted by Gasteiger charge is 2.28. The molecule has 0 spiro atoms. The quantitative estimate of drug-likeness (QED) is 0.787. The van der Waals surface area contributed by atoms with Gasteiger partial charge in [0.25, 0.3) is 0 Å². The Hall–Kier alpha value is -0.690. The van der Waals surface area contributed by atoms with Gasteiger partial charge in [0.15, 0.2) is 0 Å². The normalized spacial score (nSPS) is 22.1. The van der Waals surface area contributed by atoms with E-state index in [2.05, 4.69) is 29.6 Å². The average molecular weight is 344 g/mol. The lowest BCUT2D eigenvalue weighted by Gasteiger charge is -2.14. The summed E-state index contributed by atoms with van der Waals surface area (Å²) in [6.45, 7) is 3.19. The van der Waals surface area contributed by atoms with Gasteiger partial charge < -0.3 is 14.9 Å². The summed E-state index contributed by atoms with van der Waals surface area (Å²) in [5, 5.41) is 22.3. The summed E-state index contributed by atoms with van der Waals surface area (Å²) in [5.74, 6) is 0. The molecule has 2 N–H and O–H groups in total. The van der Waals surface area contributed by atoms with Crippen LogP contribution in [0.3, 0.4) is 0 Å². The van der Waals surface area contributed by atoms with Gasteiger partial charge >= 0.3 is 0 Å². The molecular formula is C16H22ClNO3S. The molecule has 22 heavy (non-hydrogen) atoms. The second-order valence-electron chi connectivity index (χ2n) is 5.55. The van der Waals surface area contributed by atoms with Crippen molar-refractivity contribution in [2.75, 3.05) is 32.8 Å². The predicted octanol–water partition coefficient (Wildman–Crippen LogP) is 1.92. The molecule has 6 heteroatoms. The Morgan fingerprint density at radius 3 is 2.68 bits per heavy atom. The lowest BCUT2D eigenvalue weighted by molar-refractivity contribution is 0.0572.